The molecule has 26 heavy (non-hydrogen) atoms. The first kappa shape index (κ1) is 21.1. The summed E-state index contributed by atoms with van der Waals surface area (Å²) in [6.07, 6.45) is 1.23. The molecule has 0 aliphatic carbocycles. The van der Waals surface area contributed by atoms with Crippen LogP contribution in [0.1, 0.15) is 24.8 Å². The Kier molecular flexibility index (Phi) is 8.79. The summed E-state index contributed by atoms with van der Waals surface area (Å²) >= 11 is 0. The molecule has 1 aromatic carbocycles. The van der Waals surface area contributed by atoms with E-state index in [4.69, 9.17) is 22.0 Å². The third kappa shape index (κ3) is 7.75. The van der Waals surface area contributed by atoms with Crippen molar-refractivity contribution in [3.05, 3.63) is 35.9 Å². The maximum Gasteiger partial charge on any atom is 0.320 e. The highest BCUT2D eigenvalue weighted by Crippen LogP contribution is 2.02. The Bertz CT molecular complexity index is 635. The summed E-state index contributed by atoms with van der Waals surface area (Å²) in [6, 6.07) is 8.46. The minimum atomic E-state index is -1.13. The van der Waals surface area contributed by atoms with Crippen molar-refractivity contribution in [2.45, 2.75) is 31.7 Å². The van der Waals surface area contributed by atoms with Gasteiger partial charge in [0.25, 0.3) is 0 Å². The maximum absolute atomic E-state index is 12.1. The summed E-state index contributed by atoms with van der Waals surface area (Å²) in [4.78, 5) is 35.6. The molecule has 7 N–H and O–H groups in total. The van der Waals surface area contributed by atoms with E-state index in [0.29, 0.717) is 6.42 Å². The van der Waals surface area contributed by atoms with Crippen molar-refractivity contribution in [2.75, 3.05) is 13.1 Å². The van der Waals surface area contributed by atoms with E-state index < -0.39 is 23.9 Å². The van der Waals surface area contributed by atoms with E-state index in [-0.39, 0.29) is 38.3 Å². The molecule has 2 amide bonds. The van der Waals surface area contributed by atoms with Crippen LogP contribution in [0.2, 0.25) is 0 Å². The summed E-state index contributed by atoms with van der Waals surface area (Å²) in [5, 5.41) is 18.7. The third-order valence-electron chi connectivity index (χ3n) is 3.73. The molecule has 0 aliphatic heterocycles. The standard InChI is InChI=1S/C17H25N5O4/c18-13(16(25)26)7-4-10-22(17(19)20)15(24)11-21-14(23)9-8-12-5-2-1-3-6-12/h1-3,5-6,13H,4,7-11,18H2,(H3,19,20)(H,21,23)(H,25,26)/t13-/m0/s1. The summed E-state index contributed by atoms with van der Waals surface area (Å²) in [6.45, 7) is -0.215. The topological polar surface area (TPSA) is 163 Å². The van der Waals surface area contributed by atoms with E-state index >= 15 is 0 Å². The van der Waals surface area contributed by atoms with Gasteiger partial charge in [-0.3, -0.25) is 24.7 Å². The average molecular weight is 363 g/mol. The second kappa shape index (κ2) is 10.8. The van der Waals surface area contributed by atoms with Gasteiger partial charge < -0.3 is 21.9 Å². The zero-order valence-corrected chi connectivity index (χ0v) is 14.5. The van der Waals surface area contributed by atoms with Crippen molar-refractivity contribution in [1.82, 2.24) is 10.2 Å². The molecule has 9 nitrogen and oxygen atoms in total. The number of hydrogen-bond acceptors (Lipinski definition) is 5. The van der Waals surface area contributed by atoms with E-state index in [1.165, 1.54) is 0 Å². The minimum Gasteiger partial charge on any atom is -0.480 e. The van der Waals surface area contributed by atoms with Gasteiger partial charge in [-0.05, 0) is 24.8 Å². The molecule has 9 heteroatoms. The molecule has 0 saturated carbocycles. The molecular formula is C17H25N5O4. The van der Waals surface area contributed by atoms with Gasteiger partial charge in [-0.1, -0.05) is 30.3 Å². The highest BCUT2D eigenvalue weighted by Gasteiger charge is 2.18. The lowest BCUT2D eigenvalue weighted by atomic mass is 10.1. The van der Waals surface area contributed by atoms with E-state index in [2.05, 4.69) is 5.32 Å². The van der Waals surface area contributed by atoms with E-state index in [9.17, 15) is 14.4 Å². The van der Waals surface area contributed by atoms with Crippen LogP contribution in [-0.4, -0.2) is 52.9 Å². The molecule has 0 fully saturated rings. The van der Waals surface area contributed by atoms with Crippen LogP contribution < -0.4 is 16.8 Å². The highest BCUT2D eigenvalue weighted by atomic mass is 16.4. The smallest absolute Gasteiger partial charge is 0.320 e. The Hall–Kier alpha value is -2.94. The molecule has 0 aliphatic rings. The Morgan fingerprint density at radius 3 is 2.46 bits per heavy atom. The number of benzene rings is 1. The largest absolute Gasteiger partial charge is 0.480 e. The fraction of sp³-hybridized carbons (Fsp3) is 0.412. The van der Waals surface area contributed by atoms with Crippen LogP contribution in [0.15, 0.2) is 30.3 Å². The van der Waals surface area contributed by atoms with Crippen LogP contribution in [0.5, 0.6) is 0 Å². The molecule has 0 heterocycles. The number of nitrogens with zero attached hydrogens (tertiary/aromatic N) is 1. The zero-order valence-electron chi connectivity index (χ0n) is 14.5. The Morgan fingerprint density at radius 1 is 1.23 bits per heavy atom. The van der Waals surface area contributed by atoms with E-state index in [1.54, 1.807) is 0 Å². The molecule has 1 atom stereocenters. The average Bonchev–Trinajstić information content (AvgIpc) is 2.61. The number of nitrogens with two attached hydrogens (primary N) is 2. The van der Waals surface area contributed by atoms with Gasteiger partial charge in [-0.2, -0.15) is 0 Å². The van der Waals surface area contributed by atoms with E-state index in [0.717, 1.165) is 10.5 Å². The van der Waals surface area contributed by atoms with Crippen LogP contribution in [0.25, 0.3) is 0 Å². The first-order chi connectivity index (χ1) is 12.3. The summed E-state index contributed by atoms with van der Waals surface area (Å²) in [5.74, 6) is -2.40. The second-order valence-electron chi connectivity index (χ2n) is 5.78. The van der Waals surface area contributed by atoms with Gasteiger partial charge >= 0.3 is 5.97 Å². The number of carbonyl (C=O) groups excluding carboxylic acids is 2. The normalized spacial score (nSPS) is 11.4. The second-order valence-corrected chi connectivity index (χ2v) is 5.78. The molecule has 1 rings (SSSR count). The number of hydrogen-bond donors (Lipinski definition) is 5. The molecule has 1 aromatic rings. The van der Waals surface area contributed by atoms with Crippen molar-refractivity contribution in [3.8, 4) is 0 Å². The van der Waals surface area contributed by atoms with Gasteiger partial charge in [0, 0.05) is 13.0 Å². The Balaban J connectivity index is 2.38. The number of amides is 2. The SMILES string of the molecule is N=C(N)N(CCC[C@H](N)C(=O)O)C(=O)CNC(=O)CCc1ccccc1. The van der Waals surface area contributed by atoms with Gasteiger partial charge in [-0.25, -0.2) is 0 Å². The first-order valence-electron chi connectivity index (χ1n) is 8.24. The summed E-state index contributed by atoms with van der Waals surface area (Å²) in [5.41, 5.74) is 11.8. The molecular weight excluding hydrogens is 338 g/mol. The van der Waals surface area contributed by atoms with Crippen LogP contribution in [0, 0.1) is 5.41 Å². The van der Waals surface area contributed by atoms with Crippen molar-refractivity contribution in [3.63, 3.8) is 0 Å². The molecule has 0 unspecified atom stereocenters. The molecule has 0 spiro atoms. The number of carbonyl (C=O) groups is 3. The lowest BCUT2D eigenvalue weighted by Crippen LogP contribution is -2.47. The third-order valence-corrected chi connectivity index (χ3v) is 3.73. The molecule has 0 saturated heterocycles. The Morgan fingerprint density at radius 2 is 1.88 bits per heavy atom. The fourth-order valence-electron chi connectivity index (χ4n) is 2.23. The molecule has 0 radical (unpaired) electrons. The van der Waals surface area contributed by atoms with Crippen molar-refractivity contribution in [2.24, 2.45) is 11.5 Å². The number of nitrogens with one attached hydrogen (secondary N) is 2. The monoisotopic (exact) mass is 363 g/mol. The van der Waals surface area contributed by atoms with Crippen molar-refractivity contribution in [1.29, 1.82) is 5.41 Å². The van der Waals surface area contributed by atoms with Crippen LogP contribution in [0.3, 0.4) is 0 Å². The van der Waals surface area contributed by atoms with Crippen molar-refractivity contribution >= 4 is 23.7 Å². The lowest BCUT2D eigenvalue weighted by Gasteiger charge is -2.21. The summed E-state index contributed by atoms with van der Waals surface area (Å²) < 4.78 is 0. The van der Waals surface area contributed by atoms with Gasteiger partial charge in [-0.15, -0.1) is 0 Å². The van der Waals surface area contributed by atoms with Crippen molar-refractivity contribution < 1.29 is 19.5 Å². The van der Waals surface area contributed by atoms with Gasteiger partial charge in [0.1, 0.15) is 6.04 Å². The number of guanidine groups is 1. The number of aryl methyl sites for hydroxylation is 1. The minimum absolute atomic E-state index is 0.0645. The van der Waals surface area contributed by atoms with Gasteiger partial charge in [0.15, 0.2) is 5.96 Å². The van der Waals surface area contributed by atoms with Crippen LogP contribution in [-0.2, 0) is 20.8 Å². The Labute approximate surface area is 151 Å². The van der Waals surface area contributed by atoms with Gasteiger partial charge in [0.05, 0.1) is 6.54 Å². The zero-order chi connectivity index (χ0) is 19.5. The first-order valence-corrected chi connectivity index (χ1v) is 8.24. The molecule has 0 bridgehead atoms. The van der Waals surface area contributed by atoms with Crippen LogP contribution in [0.4, 0.5) is 0 Å². The van der Waals surface area contributed by atoms with E-state index in [1.807, 2.05) is 30.3 Å². The fourth-order valence-corrected chi connectivity index (χ4v) is 2.23. The lowest BCUT2D eigenvalue weighted by molar-refractivity contribution is -0.138. The number of rotatable bonds is 10. The number of aliphatic carboxylic acids is 1. The predicted octanol–water partition coefficient (Wildman–Crippen LogP) is -0.350. The molecule has 142 valence electrons. The van der Waals surface area contributed by atoms with Gasteiger partial charge in [0.2, 0.25) is 11.8 Å². The maximum atomic E-state index is 12.1. The number of carboxylic acids is 1. The molecule has 0 aromatic heterocycles. The number of carboxylic acid groups (broad SMARTS) is 1. The summed E-state index contributed by atoms with van der Waals surface area (Å²) in [7, 11) is 0. The predicted molar refractivity (Wildman–Crippen MR) is 96.2 cm³/mol. The van der Waals surface area contributed by atoms with Crippen LogP contribution >= 0.6 is 0 Å². The quantitative estimate of drug-likeness (QED) is 0.282. The highest BCUT2D eigenvalue weighted by molar-refractivity contribution is 5.97.